The van der Waals surface area contributed by atoms with Crippen LogP contribution in [0.2, 0.25) is 0 Å². The number of nitrogens with two attached hydrogens (primary N) is 1. The average Bonchev–Trinajstić information content (AvgIpc) is 2.38. The van der Waals surface area contributed by atoms with Crippen molar-refractivity contribution in [2.75, 3.05) is 19.7 Å². The molecule has 0 aliphatic rings. The molecule has 1 aromatic rings. The van der Waals surface area contributed by atoms with Crippen LogP contribution in [0.4, 0.5) is 0 Å². The molecule has 0 atom stereocenters. The van der Waals surface area contributed by atoms with Gasteiger partial charge < -0.3 is 10.5 Å². The second-order valence-corrected chi connectivity index (χ2v) is 4.58. The molecule has 2 N–H and O–H groups in total. The smallest absolute Gasteiger partial charge is 0.119 e. The minimum Gasteiger partial charge on any atom is -0.492 e. The average molecular weight is 248 g/mol. The van der Waals surface area contributed by atoms with Crippen molar-refractivity contribution in [2.24, 2.45) is 5.73 Å². The number of rotatable bonds is 8. The van der Waals surface area contributed by atoms with Gasteiger partial charge >= 0.3 is 0 Å². The predicted molar refractivity (Wildman–Crippen MR) is 76.7 cm³/mol. The van der Waals surface area contributed by atoms with Crippen LogP contribution in [0.1, 0.15) is 19.4 Å². The Morgan fingerprint density at radius 3 is 2.83 bits per heavy atom. The molecule has 0 heterocycles. The quantitative estimate of drug-likeness (QED) is 0.718. The first kappa shape index (κ1) is 14.7. The van der Waals surface area contributed by atoms with Crippen molar-refractivity contribution in [1.82, 2.24) is 4.90 Å². The number of nitrogens with zero attached hydrogens (tertiary/aromatic N) is 1. The van der Waals surface area contributed by atoms with Gasteiger partial charge in [0.2, 0.25) is 0 Å². The van der Waals surface area contributed by atoms with Crippen molar-refractivity contribution < 1.29 is 4.74 Å². The summed E-state index contributed by atoms with van der Waals surface area (Å²) in [4.78, 5) is 2.32. The second kappa shape index (κ2) is 7.90. The number of benzene rings is 1. The Balaban J connectivity index is 2.41. The highest BCUT2D eigenvalue weighted by molar-refractivity contribution is 5.28. The van der Waals surface area contributed by atoms with Gasteiger partial charge in [-0.2, -0.15) is 0 Å². The van der Waals surface area contributed by atoms with Crippen molar-refractivity contribution >= 4 is 0 Å². The molecule has 0 saturated carbocycles. The molecule has 0 radical (unpaired) electrons. The van der Waals surface area contributed by atoms with Gasteiger partial charge in [-0.1, -0.05) is 18.2 Å². The zero-order valence-corrected chi connectivity index (χ0v) is 11.4. The Morgan fingerprint density at radius 2 is 2.22 bits per heavy atom. The molecular weight excluding hydrogens is 224 g/mol. The van der Waals surface area contributed by atoms with E-state index in [0.29, 0.717) is 19.2 Å². The molecule has 0 aliphatic heterocycles. The van der Waals surface area contributed by atoms with E-state index in [1.54, 1.807) is 0 Å². The van der Waals surface area contributed by atoms with Crippen LogP contribution in [-0.2, 0) is 6.54 Å². The van der Waals surface area contributed by atoms with Gasteiger partial charge in [-0.05, 0) is 31.5 Å². The topological polar surface area (TPSA) is 38.5 Å². The molecule has 0 amide bonds. The summed E-state index contributed by atoms with van der Waals surface area (Å²) < 4.78 is 5.74. The Bertz CT molecular complexity index is 363. The lowest BCUT2D eigenvalue weighted by atomic mass is 10.2. The van der Waals surface area contributed by atoms with Crippen molar-refractivity contribution in [3.63, 3.8) is 0 Å². The third-order valence-corrected chi connectivity index (χ3v) is 2.88. The van der Waals surface area contributed by atoms with Gasteiger partial charge in [0.1, 0.15) is 12.4 Å². The first-order valence-electron chi connectivity index (χ1n) is 6.44. The van der Waals surface area contributed by atoms with Gasteiger partial charge in [-0.3, -0.25) is 4.90 Å². The van der Waals surface area contributed by atoms with E-state index in [1.165, 1.54) is 0 Å². The lowest BCUT2D eigenvalue weighted by Gasteiger charge is -2.24. The van der Waals surface area contributed by atoms with Crippen molar-refractivity contribution in [3.8, 4) is 5.75 Å². The SMILES string of the molecule is C=CCN(CCOc1cccc(CN)c1)C(C)C. The zero-order valence-electron chi connectivity index (χ0n) is 11.4. The summed E-state index contributed by atoms with van der Waals surface area (Å²) in [6.07, 6.45) is 1.93. The fourth-order valence-corrected chi connectivity index (χ4v) is 1.77. The third-order valence-electron chi connectivity index (χ3n) is 2.88. The lowest BCUT2D eigenvalue weighted by molar-refractivity contribution is 0.191. The van der Waals surface area contributed by atoms with Crippen molar-refractivity contribution in [3.05, 3.63) is 42.5 Å². The highest BCUT2D eigenvalue weighted by atomic mass is 16.5. The van der Waals surface area contributed by atoms with Crippen molar-refractivity contribution in [1.29, 1.82) is 0 Å². The predicted octanol–water partition coefficient (Wildman–Crippen LogP) is 2.42. The van der Waals surface area contributed by atoms with E-state index in [4.69, 9.17) is 10.5 Å². The molecule has 3 nitrogen and oxygen atoms in total. The van der Waals surface area contributed by atoms with Gasteiger partial charge in [0, 0.05) is 25.7 Å². The van der Waals surface area contributed by atoms with Crippen LogP contribution in [0.15, 0.2) is 36.9 Å². The summed E-state index contributed by atoms with van der Waals surface area (Å²) >= 11 is 0. The number of hydrogen-bond acceptors (Lipinski definition) is 3. The molecule has 0 aliphatic carbocycles. The van der Waals surface area contributed by atoms with E-state index in [2.05, 4.69) is 25.3 Å². The Hall–Kier alpha value is -1.32. The molecule has 0 spiro atoms. The van der Waals surface area contributed by atoms with Gasteiger partial charge in [0.15, 0.2) is 0 Å². The van der Waals surface area contributed by atoms with Gasteiger partial charge in [-0.25, -0.2) is 0 Å². The van der Waals surface area contributed by atoms with Crippen LogP contribution in [0.5, 0.6) is 5.75 Å². The van der Waals surface area contributed by atoms with Crippen LogP contribution in [0.25, 0.3) is 0 Å². The first-order valence-corrected chi connectivity index (χ1v) is 6.44. The van der Waals surface area contributed by atoms with E-state index >= 15 is 0 Å². The van der Waals surface area contributed by atoms with Crippen LogP contribution in [0, 0.1) is 0 Å². The third kappa shape index (κ3) is 4.90. The highest BCUT2D eigenvalue weighted by Gasteiger charge is 2.07. The van der Waals surface area contributed by atoms with E-state index in [1.807, 2.05) is 30.3 Å². The molecule has 0 saturated heterocycles. The summed E-state index contributed by atoms with van der Waals surface area (Å²) in [5, 5.41) is 0. The van der Waals surface area contributed by atoms with E-state index in [-0.39, 0.29) is 0 Å². The molecule has 0 unspecified atom stereocenters. The van der Waals surface area contributed by atoms with Crippen LogP contribution < -0.4 is 10.5 Å². The molecule has 0 fully saturated rings. The number of hydrogen-bond donors (Lipinski definition) is 1. The van der Waals surface area contributed by atoms with Crippen LogP contribution in [-0.4, -0.2) is 30.6 Å². The maximum atomic E-state index is 5.74. The molecule has 1 aromatic carbocycles. The van der Waals surface area contributed by atoms with Gasteiger partial charge in [0.25, 0.3) is 0 Å². The first-order chi connectivity index (χ1) is 8.67. The summed E-state index contributed by atoms with van der Waals surface area (Å²) in [6.45, 7) is 11.2. The Labute approximate surface area is 110 Å². The highest BCUT2D eigenvalue weighted by Crippen LogP contribution is 2.12. The van der Waals surface area contributed by atoms with E-state index < -0.39 is 0 Å². The normalized spacial score (nSPS) is 10.9. The van der Waals surface area contributed by atoms with Crippen LogP contribution >= 0.6 is 0 Å². The molecule has 1 rings (SSSR count). The largest absolute Gasteiger partial charge is 0.492 e. The molecule has 3 heteroatoms. The Kier molecular flexibility index (Phi) is 6.47. The monoisotopic (exact) mass is 248 g/mol. The number of ether oxygens (including phenoxy) is 1. The summed E-state index contributed by atoms with van der Waals surface area (Å²) in [5.74, 6) is 0.889. The van der Waals surface area contributed by atoms with Crippen molar-refractivity contribution in [2.45, 2.75) is 26.4 Å². The Morgan fingerprint density at radius 1 is 1.44 bits per heavy atom. The maximum Gasteiger partial charge on any atom is 0.119 e. The molecule has 0 bridgehead atoms. The zero-order chi connectivity index (χ0) is 13.4. The fraction of sp³-hybridized carbons (Fsp3) is 0.467. The molecular formula is C15H24N2O. The van der Waals surface area contributed by atoms with E-state index in [9.17, 15) is 0 Å². The summed E-state index contributed by atoms with van der Waals surface area (Å²) in [7, 11) is 0. The standard InChI is InChI=1S/C15H24N2O/c1-4-8-17(13(2)3)9-10-18-15-7-5-6-14(11-15)12-16/h4-7,11,13H,1,8-10,12,16H2,2-3H3. The van der Waals surface area contributed by atoms with Gasteiger partial charge in [0.05, 0.1) is 0 Å². The second-order valence-electron chi connectivity index (χ2n) is 4.58. The van der Waals surface area contributed by atoms with Crippen LogP contribution in [0.3, 0.4) is 0 Å². The molecule has 18 heavy (non-hydrogen) atoms. The van der Waals surface area contributed by atoms with E-state index in [0.717, 1.165) is 24.4 Å². The fourth-order valence-electron chi connectivity index (χ4n) is 1.77. The maximum absolute atomic E-state index is 5.74. The van der Waals surface area contributed by atoms with Gasteiger partial charge in [-0.15, -0.1) is 6.58 Å². The minimum atomic E-state index is 0.502. The minimum absolute atomic E-state index is 0.502. The summed E-state index contributed by atoms with van der Waals surface area (Å²) in [5.41, 5.74) is 6.70. The lowest BCUT2D eigenvalue weighted by Crippen LogP contribution is -2.34. The molecule has 0 aromatic heterocycles. The summed E-state index contributed by atoms with van der Waals surface area (Å²) in [6, 6.07) is 8.44. The molecule has 100 valence electrons.